The molecule has 0 saturated heterocycles. The van der Waals surface area contributed by atoms with Crippen molar-refractivity contribution >= 4 is 28.4 Å². The third kappa shape index (κ3) is 2.33. The first-order valence-electron chi connectivity index (χ1n) is 6.17. The first-order valence-corrected chi connectivity index (χ1v) is 6.17. The highest BCUT2D eigenvalue weighted by molar-refractivity contribution is 5.98. The van der Waals surface area contributed by atoms with Crippen molar-refractivity contribution in [2.45, 2.75) is 0 Å². The van der Waals surface area contributed by atoms with Crippen molar-refractivity contribution in [3.63, 3.8) is 0 Å². The Labute approximate surface area is 111 Å². The molecule has 0 saturated carbocycles. The molecular weight excluding hydrogens is 234 g/mol. The number of para-hydroxylation sites is 1. The van der Waals surface area contributed by atoms with Crippen LogP contribution in [0.25, 0.3) is 10.8 Å². The van der Waals surface area contributed by atoms with Gasteiger partial charge in [-0.3, -0.25) is 4.79 Å². The molecule has 0 heterocycles. The van der Waals surface area contributed by atoms with Gasteiger partial charge in [-0.1, -0.05) is 42.5 Å². The minimum atomic E-state index is 0.690. The number of carbonyl (C=O) groups excluding carboxylic acids is 1. The Kier molecular flexibility index (Phi) is 2.99. The average Bonchev–Trinajstić information content (AvgIpc) is 2.48. The van der Waals surface area contributed by atoms with Crippen molar-refractivity contribution in [2.75, 3.05) is 5.32 Å². The molecule has 1 N–H and O–H groups in total. The fraction of sp³-hybridized carbons (Fsp3) is 0. The lowest BCUT2D eigenvalue weighted by Gasteiger charge is -2.10. The zero-order valence-electron chi connectivity index (χ0n) is 10.3. The van der Waals surface area contributed by atoms with Crippen LogP contribution < -0.4 is 5.32 Å². The van der Waals surface area contributed by atoms with Crippen LogP contribution in [-0.4, -0.2) is 6.29 Å². The van der Waals surface area contributed by atoms with E-state index >= 15 is 0 Å². The van der Waals surface area contributed by atoms with Crippen molar-refractivity contribution < 1.29 is 4.79 Å². The van der Waals surface area contributed by atoms with Crippen molar-refractivity contribution in [1.82, 2.24) is 0 Å². The largest absolute Gasteiger partial charge is 0.355 e. The van der Waals surface area contributed by atoms with E-state index in [1.807, 2.05) is 66.7 Å². The molecule has 3 aromatic carbocycles. The van der Waals surface area contributed by atoms with Gasteiger partial charge in [-0.15, -0.1) is 0 Å². The maximum Gasteiger partial charge on any atom is 0.150 e. The van der Waals surface area contributed by atoms with E-state index < -0.39 is 0 Å². The Morgan fingerprint density at radius 2 is 1.68 bits per heavy atom. The van der Waals surface area contributed by atoms with Gasteiger partial charge >= 0.3 is 0 Å². The highest BCUT2D eigenvalue weighted by atomic mass is 16.1. The average molecular weight is 247 g/mol. The molecule has 0 unspecified atom stereocenters. The molecule has 0 atom stereocenters. The lowest BCUT2D eigenvalue weighted by Crippen LogP contribution is -1.91. The normalized spacial score (nSPS) is 10.3. The molecule has 0 aliphatic heterocycles. The van der Waals surface area contributed by atoms with E-state index in [-0.39, 0.29) is 0 Å². The van der Waals surface area contributed by atoms with Crippen molar-refractivity contribution in [3.05, 3.63) is 72.3 Å². The number of hydrogen-bond donors (Lipinski definition) is 1. The lowest BCUT2D eigenvalue weighted by molar-refractivity contribution is 0.112. The third-order valence-corrected chi connectivity index (χ3v) is 3.10. The molecular formula is C17H13NO. The van der Waals surface area contributed by atoms with Gasteiger partial charge in [-0.25, -0.2) is 0 Å². The van der Waals surface area contributed by atoms with Crippen molar-refractivity contribution in [3.8, 4) is 0 Å². The highest BCUT2D eigenvalue weighted by Gasteiger charge is 2.02. The number of fused-ring (bicyclic) bond motifs is 1. The molecule has 2 heteroatoms. The van der Waals surface area contributed by atoms with E-state index in [2.05, 4.69) is 5.32 Å². The summed E-state index contributed by atoms with van der Waals surface area (Å²) < 4.78 is 0. The summed E-state index contributed by atoms with van der Waals surface area (Å²) in [5.74, 6) is 0. The van der Waals surface area contributed by atoms with Gasteiger partial charge in [0.2, 0.25) is 0 Å². The van der Waals surface area contributed by atoms with Gasteiger partial charge in [0.05, 0.1) is 0 Å². The SMILES string of the molecule is O=Cc1ccc2cccc(Nc3ccccc3)c2c1. The molecule has 0 aliphatic carbocycles. The molecule has 0 spiro atoms. The van der Waals surface area contributed by atoms with Crippen molar-refractivity contribution in [1.29, 1.82) is 0 Å². The van der Waals surface area contributed by atoms with Gasteiger partial charge < -0.3 is 5.32 Å². The summed E-state index contributed by atoms with van der Waals surface area (Å²) in [5.41, 5.74) is 2.73. The Morgan fingerprint density at radius 3 is 2.47 bits per heavy atom. The van der Waals surface area contributed by atoms with Gasteiger partial charge in [0.15, 0.2) is 0 Å². The van der Waals surface area contributed by atoms with Crippen LogP contribution >= 0.6 is 0 Å². The molecule has 92 valence electrons. The number of anilines is 2. The summed E-state index contributed by atoms with van der Waals surface area (Å²) in [6.45, 7) is 0. The number of carbonyl (C=O) groups is 1. The quantitative estimate of drug-likeness (QED) is 0.695. The molecule has 19 heavy (non-hydrogen) atoms. The number of benzene rings is 3. The summed E-state index contributed by atoms with van der Waals surface area (Å²) in [5, 5.41) is 5.55. The Morgan fingerprint density at radius 1 is 0.842 bits per heavy atom. The van der Waals surface area contributed by atoms with E-state index in [0.717, 1.165) is 28.4 Å². The standard InChI is InChI=1S/C17H13NO/c19-12-13-9-10-14-5-4-8-17(16(14)11-13)18-15-6-2-1-3-7-15/h1-12,18H. The van der Waals surface area contributed by atoms with Crippen LogP contribution in [0.15, 0.2) is 66.7 Å². The maximum atomic E-state index is 10.9. The molecule has 0 bridgehead atoms. The zero-order valence-corrected chi connectivity index (χ0v) is 10.3. The van der Waals surface area contributed by atoms with Crippen LogP contribution in [-0.2, 0) is 0 Å². The summed E-state index contributed by atoms with van der Waals surface area (Å²) in [4.78, 5) is 10.9. The van der Waals surface area contributed by atoms with E-state index in [0.29, 0.717) is 5.56 Å². The summed E-state index contributed by atoms with van der Waals surface area (Å²) in [6, 6.07) is 21.8. The first kappa shape index (κ1) is 11.5. The summed E-state index contributed by atoms with van der Waals surface area (Å²) >= 11 is 0. The van der Waals surface area contributed by atoms with Gasteiger partial charge in [-0.05, 0) is 29.7 Å². The second-order valence-electron chi connectivity index (χ2n) is 4.40. The predicted octanol–water partition coefficient (Wildman–Crippen LogP) is 4.40. The Bertz CT molecular complexity index is 720. The molecule has 0 aliphatic rings. The monoisotopic (exact) mass is 247 g/mol. The summed E-state index contributed by atoms with van der Waals surface area (Å²) in [7, 11) is 0. The van der Waals surface area contributed by atoms with Crippen LogP contribution in [0, 0.1) is 0 Å². The van der Waals surface area contributed by atoms with E-state index in [4.69, 9.17) is 0 Å². The molecule has 3 aromatic rings. The second kappa shape index (κ2) is 4.94. The Hall–Kier alpha value is -2.61. The fourth-order valence-corrected chi connectivity index (χ4v) is 2.15. The molecule has 0 amide bonds. The van der Waals surface area contributed by atoms with Gasteiger partial charge in [-0.2, -0.15) is 0 Å². The van der Waals surface area contributed by atoms with Crippen LogP contribution in [0.4, 0.5) is 11.4 Å². The Balaban J connectivity index is 2.10. The lowest BCUT2D eigenvalue weighted by atomic mass is 10.1. The topological polar surface area (TPSA) is 29.1 Å². The van der Waals surface area contributed by atoms with E-state index in [1.165, 1.54) is 0 Å². The number of hydrogen-bond acceptors (Lipinski definition) is 2. The van der Waals surface area contributed by atoms with Gasteiger partial charge in [0, 0.05) is 22.3 Å². The highest BCUT2D eigenvalue weighted by Crippen LogP contribution is 2.27. The maximum absolute atomic E-state index is 10.9. The first-order chi connectivity index (χ1) is 9.36. The summed E-state index contributed by atoms with van der Waals surface area (Å²) in [6.07, 6.45) is 0.874. The zero-order chi connectivity index (χ0) is 13.1. The van der Waals surface area contributed by atoms with Crippen LogP contribution in [0.3, 0.4) is 0 Å². The minimum Gasteiger partial charge on any atom is -0.355 e. The molecule has 0 fully saturated rings. The molecule has 3 rings (SSSR count). The third-order valence-electron chi connectivity index (χ3n) is 3.10. The molecule has 2 nitrogen and oxygen atoms in total. The van der Waals surface area contributed by atoms with E-state index in [1.54, 1.807) is 0 Å². The number of rotatable bonds is 3. The molecule has 0 aromatic heterocycles. The van der Waals surface area contributed by atoms with Crippen molar-refractivity contribution in [2.24, 2.45) is 0 Å². The minimum absolute atomic E-state index is 0.690. The van der Waals surface area contributed by atoms with Gasteiger partial charge in [0.25, 0.3) is 0 Å². The molecule has 0 radical (unpaired) electrons. The number of nitrogens with one attached hydrogen (secondary N) is 1. The van der Waals surface area contributed by atoms with Crippen LogP contribution in [0.2, 0.25) is 0 Å². The van der Waals surface area contributed by atoms with Gasteiger partial charge in [0.1, 0.15) is 6.29 Å². The predicted molar refractivity (Wildman–Crippen MR) is 79.1 cm³/mol. The van der Waals surface area contributed by atoms with E-state index in [9.17, 15) is 4.79 Å². The smallest absolute Gasteiger partial charge is 0.150 e. The number of aldehydes is 1. The fourth-order valence-electron chi connectivity index (χ4n) is 2.15. The van der Waals surface area contributed by atoms with Crippen LogP contribution in [0.5, 0.6) is 0 Å². The second-order valence-corrected chi connectivity index (χ2v) is 4.40. The van der Waals surface area contributed by atoms with Crippen LogP contribution in [0.1, 0.15) is 10.4 Å².